The van der Waals surface area contributed by atoms with E-state index in [-0.39, 0.29) is 11.5 Å². The molecule has 0 fully saturated rings. The smallest absolute Gasteiger partial charge is 0.335 e. The van der Waals surface area contributed by atoms with Crippen LogP contribution in [0.5, 0.6) is 11.5 Å². The molecule has 0 aliphatic heterocycles. The maximum Gasteiger partial charge on any atom is 0.335 e. The summed E-state index contributed by atoms with van der Waals surface area (Å²) in [6.45, 7) is 11.1. The summed E-state index contributed by atoms with van der Waals surface area (Å²) in [4.78, 5) is 26.2. The summed E-state index contributed by atoms with van der Waals surface area (Å²) >= 11 is 0. The molecule has 0 heterocycles. The molecule has 0 aliphatic rings. The number of carbonyl (C=O) groups is 2. The van der Waals surface area contributed by atoms with Crippen molar-refractivity contribution in [3.05, 3.63) is 127 Å². The van der Waals surface area contributed by atoms with Crippen molar-refractivity contribution in [2.45, 2.75) is 13.8 Å². The molecule has 0 aromatic heterocycles. The first kappa shape index (κ1) is 25.5. The van der Waals surface area contributed by atoms with Crippen molar-refractivity contribution in [3.63, 3.8) is 0 Å². The van der Waals surface area contributed by atoms with Crippen LogP contribution in [0.1, 0.15) is 11.1 Å². The van der Waals surface area contributed by atoms with Crippen molar-refractivity contribution in [3.8, 4) is 11.5 Å². The number of hydrogen-bond donors (Lipinski definition) is 0. The number of rotatable bonds is 7. The molecule has 0 saturated carbocycles. The number of ether oxygens (including phenoxy) is 2. The topological polar surface area (TPSA) is 55.8 Å². The summed E-state index contributed by atoms with van der Waals surface area (Å²) in [7, 11) is 0. The minimum Gasteiger partial charge on any atom is -0.423 e. The Bertz CT molecular complexity index is 1690. The van der Waals surface area contributed by atoms with Crippen molar-refractivity contribution >= 4 is 50.5 Å². The summed E-state index contributed by atoms with van der Waals surface area (Å²) < 4.78 is 10.9. The molecule has 0 radical (unpaired) electrons. The summed E-state index contributed by atoms with van der Waals surface area (Å²) in [5.41, 5.74) is 5.45. The van der Waals surface area contributed by atoms with Gasteiger partial charge in [-0.2, -0.15) is 0 Å². The van der Waals surface area contributed by atoms with Crippen molar-refractivity contribution in [1.29, 1.82) is 0 Å². The molecule has 192 valence electrons. The molecular weight excluding hydrogens is 486 g/mol. The Kier molecular flexibility index (Phi) is 6.98. The van der Waals surface area contributed by atoms with Gasteiger partial charge in [-0.1, -0.05) is 60.7 Å². The highest BCUT2D eigenvalue weighted by Crippen LogP contribution is 2.40. The fourth-order valence-corrected chi connectivity index (χ4v) is 4.53. The molecule has 5 rings (SSSR count). The molecule has 0 atom stereocenters. The lowest BCUT2D eigenvalue weighted by atomic mass is 10.00. The number of fused-ring (bicyclic) bond motifs is 3. The molecule has 0 N–H and O–H groups in total. The first-order valence-corrected chi connectivity index (χ1v) is 12.5. The molecule has 0 saturated heterocycles. The van der Waals surface area contributed by atoms with Gasteiger partial charge in [-0.25, -0.2) is 9.59 Å². The summed E-state index contributed by atoms with van der Waals surface area (Å²) in [6, 6.07) is 30.2. The zero-order chi connectivity index (χ0) is 27.5. The first-order chi connectivity index (χ1) is 18.9. The highest BCUT2D eigenvalue weighted by Gasteiger charge is 2.16. The van der Waals surface area contributed by atoms with Crippen molar-refractivity contribution in [2.75, 3.05) is 4.90 Å². The number of hydrogen-bond acceptors (Lipinski definition) is 5. The van der Waals surface area contributed by atoms with E-state index in [2.05, 4.69) is 92.6 Å². The minimum absolute atomic E-state index is 0.247. The Balaban J connectivity index is 1.69. The van der Waals surface area contributed by atoms with Crippen LogP contribution in [0.3, 0.4) is 0 Å². The van der Waals surface area contributed by atoms with Crippen LogP contribution in [-0.4, -0.2) is 11.9 Å². The normalized spacial score (nSPS) is 10.7. The lowest BCUT2D eigenvalue weighted by Gasteiger charge is -2.26. The van der Waals surface area contributed by atoms with E-state index in [0.717, 1.165) is 45.4 Å². The molecule has 0 amide bonds. The van der Waals surface area contributed by atoms with Crippen LogP contribution in [0.25, 0.3) is 21.5 Å². The van der Waals surface area contributed by atoms with Crippen LogP contribution < -0.4 is 14.4 Å². The van der Waals surface area contributed by atoms with Gasteiger partial charge in [0.2, 0.25) is 0 Å². The van der Waals surface area contributed by atoms with Crippen molar-refractivity contribution in [1.82, 2.24) is 0 Å². The lowest BCUT2D eigenvalue weighted by Crippen LogP contribution is -2.10. The quantitative estimate of drug-likeness (QED) is 0.0949. The van der Waals surface area contributed by atoms with Gasteiger partial charge in [0.15, 0.2) is 0 Å². The zero-order valence-electron chi connectivity index (χ0n) is 21.8. The summed E-state index contributed by atoms with van der Waals surface area (Å²) in [5, 5.41) is 3.36. The molecule has 39 heavy (non-hydrogen) atoms. The average Bonchev–Trinajstić information content (AvgIpc) is 2.94. The van der Waals surface area contributed by atoms with E-state index in [1.807, 2.05) is 18.2 Å². The zero-order valence-corrected chi connectivity index (χ0v) is 21.8. The molecule has 5 nitrogen and oxygen atoms in total. The molecule has 5 aromatic carbocycles. The third kappa shape index (κ3) is 5.29. The van der Waals surface area contributed by atoms with Crippen LogP contribution in [0.2, 0.25) is 0 Å². The predicted molar refractivity (Wildman–Crippen MR) is 157 cm³/mol. The van der Waals surface area contributed by atoms with E-state index in [9.17, 15) is 9.59 Å². The molecule has 0 spiro atoms. The van der Waals surface area contributed by atoms with Gasteiger partial charge >= 0.3 is 11.9 Å². The highest BCUT2D eigenvalue weighted by atomic mass is 16.5. The molecule has 0 unspecified atom stereocenters. The van der Waals surface area contributed by atoms with Gasteiger partial charge in [0.05, 0.1) is 0 Å². The number of carbonyl (C=O) groups excluding carboxylic acids is 2. The first-order valence-electron chi connectivity index (χ1n) is 12.5. The fourth-order valence-electron chi connectivity index (χ4n) is 4.53. The largest absolute Gasteiger partial charge is 0.423 e. The standard InChI is InChI=1S/C34H27NO4/c1-5-33(36)38-28-20-31-29-18-16-27(19-24(29)11-17-30(31)32(21-28)39-34(37)6-2)35(25-12-7-22(3)8-13-25)26-14-9-23(4)10-15-26/h5-21H,1-2H2,3-4H3. The fraction of sp³-hybridized carbons (Fsp3) is 0.0588. The predicted octanol–water partition coefficient (Wildman–Crippen LogP) is 8.26. The summed E-state index contributed by atoms with van der Waals surface area (Å²) in [6.07, 6.45) is 2.17. The monoisotopic (exact) mass is 513 g/mol. The van der Waals surface area contributed by atoms with Gasteiger partial charge in [-0.15, -0.1) is 0 Å². The Hall–Kier alpha value is -5.16. The van der Waals surface area contributed by atoms with Crippen LogP contribution in [-0.2, 0) is 9.59 Å². The van der Waals surface area contributed by atoms with Crippen molar-refractivity contribution in [2.24, 2.45) is 0 Å². The third-order valence-corrected chi connectivity index (χ3v) is 6.48. The van der Waals surface area contributed by atoms with Crippen LogP contribution in [0.15, 0.2) is 116 Å². The van der Waals surface area contributed by atoms with Gasteiger partial charge in [-0.05, 0) is 78.5 Å². The van der Waals surface area contributed by atoms with Crippen LogP contribution in [0, 0.1) is 13.8 Å². The molecule has 5 heteroatoms. The number of benzene rings is 5. The minimum atomic E-state index is -0.607. The van der Waals surface area contributed by atoms with Crippen molar-refractivity contribution < 1.29 is 19.1 Å². The van der Waals surface area contributed by atoms with E-state index >= 15 is 0 Å². The lowest BCUT2D eigenvalue weighted by molar-refractivity contribution is -0.129. The van der Waals surface area contributed by atoms with Crippen LogP contribution in [0.4, 0.5) is 17.1 Å². The van der Waals surface area contributed by atoms with Crippen LogP contribution >= 0.6 is 0 Å². The van der Waals surface area contributed by atoms with Gasteiger partial charge in [0.25, 0.3) is 0 Å². The number of aryl methyl sites for hydroxylation is 2. The Morgan fingerprint density at radius 2 is 1.15 bits per heavy atom. The Morgan fingerprint density at radius 1 is 0.615 bits per heavy atom. The van der Waals surface area contributed by atoms with Gasteiger partial charge in [0, 0.05) is 40.7 Å². The number of nitrogens with zero attached hydrogens (tertiary/aromatic N) is 1. The second-order valence-corrected chi connectivity index (χ2v) is 9.24. The molecule has 0 bridgehead atoms. The van der Waals surface area contributed by atoms with Gasteiger partial charge < -0.3 is 14.4 Å². The third-order valence-electron chi connectivity index (χ3n) is 6.48. The Labute approximate surface area is 227 Å². The molecule has 0 aliphatic carbocycles. The second kappa shape index (κ2) is 10.7. The van der Waals surface area contributed by atoms with E-state index in [1.54, 1.807) is 6.07 Å². The molecule has 5 aromatic rings. The summed E-state index contributed by atoms with van der Waals surface area (Å²) in [5.74, 6) is -0.691. The highest BCUT2D eigenvalue weighted by molar-refractivity contribution is 6.11. The van der Waals surface area contributed by atoms with E-state index < -0.39 is 11.9 Å². The maximum absolute atomic E-state index is 12.0. The van der Waals surface area contributed by atoms with E-state index in [1.165, 1.54) is 17.2 Å². The van der Waals surface area contributed by atoms with Gasteiger partial charge in [0.1, 0.15) is 11.5 Å². The van der Waals surface area contributed by atoms with E-state index in [4.69, 9.17) is 9.47 Å². The van der Waals surface area contributed by atoms with Gasteiger partial charge in [-0.3, -0.25) is 0 Å². The average molecular weight is 514 g/mol. The SMILES string of the molecule is C=CC(=O)Oc1cc(OC(=O)C=C)c2ccc3cc(N(c4ccc(C)cc4)c4ccc(C)cc4)ccc3c2c1. The second-order valence-electron chi connectivity index (χ2n) is 9.24. The number of esters is 2. The van der Waals surface area contributed by atoms with E-state index in [0.29, 0.717) is 5.39 Å². The molecular formula is C34H27NO4. The maximum atomic E-state index is 12.0. The Morgan fingerprint density at radius 3 is 1.74 bits per heavy atom. The number of anilines is 3.